The van der Waals surface area contributed by atoms with Crippen LogP contribution in [0.1, 0.15) is 50.7 Å². The van der Waals surface area contributed by atoms with Crippen molar-refractivity contribution in [1.82, 2.24) is 0 Å². The summed E-state index contributed by atoms with van der Waals surface area (Å²) in [5.74, 6) is 0. The summed E-state index contributed by atoms with van der Waals surface area (Å²) in [6, 6.07) is 8.53. The second-order valence-electron chi connectivity index (χ2n) is 5.94. The molecule has 19 heavy (non-hydrogen) atoms. The van der Waals surface area contributed by atoms with Gasteiger partial charge < -0.3 is 4.90 Å². The smallest absolute Gasteiger partial charge is 0.102 e. The van der Waals surface area contributed by atoms with Gasteiger partial charge in [-0.05, 0) is 31.4 Å². The molecule has 1 aromatic rings. The molecule has 0 unspecified atom stereocenters. The highest BCUT2D eigenvalue weighted by Gasteiger charge is 2.41. The fourth-order valence-corrected chi connectivity index (χ4v) is 3.50. The van der Waals surface area contributed by atoms with E-state index in [2.05, 4.69) is 36.9 Å². The minimum absolute atomic E-state index is 0.500. The van der Waals surface area contributed by atoms with Crippen molar-refractivity contribution < 1.29 is 0 Å². The molecule has 0 spiro atoms. The zero-order chi connectivity index (χ0) is 13.9. The van der Waals surface area contributed by atoms with Gasteiger partial charge in [0.15, 0.2) is 0 Å². The zero-order valence-electron chi connectivity index (χ0n) is 12.4. The van der Waals surface area contributed by atoms with Gasteiger partial charge in [-0.3, -0.25) is 0 Å². The summed E-state index contributed by atoms with van der Waals surface area (Å²) in [6.45, 7) is 8.80. The molecule has 1 aliphatic heterocycles. The number of anilines is 1. The summed E-state index contributed by atoms with van der Waals surface area (Å²) in [4.78, 5) is 2.39. The molecule has 2 nitrogen and oxygen atoms in total. The number of nitriles is 1. The van der Waals surface area contributed by atoms with Gasteiger partial charge in [0, 0.05) is 18.5 Å². The van der Waals surface area contributed by atoms with E-state index in [4.69, 9.17) is 0 Å². The molecule has 0 radical (unpaired) electrons. The minimum atomic E-state index is 0.500. The summed E-state index contributed by atoms with van der Waals surface area (Å²) >= 11 is 0. The van der Waals surface area contributed by atoms with E-state index in [1.165, 1.54) is 25.7 Å². The first kappa shape index (κ1) is 13.9. The first-order valence-corrected chi connectivity index (χ1v) is 7.40. The van der Waals surface area contributed by atoms with Crippen molar-refractivity contribution in [2.75, 3.05) is 18.0 Å². The Hall–Kier alpha value is -1.49. The van der Waals surface area contributed by atoms with Crippen molar-refractivity contribution in [2.24, 2.45) is 5.41 Å². The lowest BCUT2D eigenvalue weighted by Crippen LogP contribution is -2.56. The van der Waals surface area contributed by atoms with Crippen LogP contribution in [0.15, 0.2) is 18.2 Å². The Labute approximate surface area is 117 Å². The predicted octanol–water partition coefficient (Wildman–Crippen LogP) is 4.27. The van der Waals surface area contributed by atoms with Crippen LogP contribution in [0.5, 0.6) is 0 Å². The number of rotatable bonds is 5. The predicted molar refractivity (Wildman–Crippen MR) is 80.4 cm³/mol. The van der Waals surface area contributed by atoms with Crippen molar-refractivity contribution in [3.63, 3.8) is 0 Å². The molecule has 1 fully saturated rings. The van der Waals surface area contributed by atoms with Crippen LogP contribution in [0.4, 0.5) is 5.69 Å². The Balaban J connectivity index is 2.16. The summed E-state index contributed by atoms with van der Waals surface area (Å²) in [7, 11) is 0. The second-order valence-corrected chi connectivity index (χ2v) is 5.94. The van der Waals surface area contributed by atoms with E-state index in [0.29, 0.717) is 5.41 Å². The molecule has 0 bridgehead atoms. The Morgan fingerprint density at radius 3 is 2.37 bits per heavy atom. The van der Waals surface area contributed by atoms with Gasteiger partial charge in [0.05, 0.1) is 11.3 Å². The first-order valence-electron chi connectivity index (χ1n) is 7.40. The van der Waals surface area contributed by atoms with E-state index >= 15 is 0 Å². The quantitative estimate of drug-likeness (QED) is 0.786. The van der Waals surface area contributed by atoms with E-state index in [-0.39, 0.29) is 0 Å². The molecule has 0 saturated carbocycles. The average molecular weight is 256 g/mol. The third-order valence-corrected chi connectivity index (χ3v) is 4.32. The molecule has 0 amide bonds. The Kier molecular flexibility index (Phi) is 4.14. The molecule has 1 saturated heterocycles. The molecule has 1 heterocycles. The molecule has 0 aliphatic carbocycles. The van der Waals surface area contributed by atoms with Gasteiger partial charge in [-0.15, -0.1) is 0 Å². The minimum Gasteiger partial charge on any atom is -0.369 e. The molecule has 2 heteroatoms. The van der Waals surface area contributed by atoms with Crippen LogP contribution < -0.4 is 4.90 Å². The van der Waals surface area contributed by atoms with Crippen molar-refractivity contribution in [3.05, 3.63) is 29.3 Å². The van der Waals surface area contributed by atoms with E-state index in [1.54, 1.807) is 0 Å². The lowest BCUT2D eigenvalue weighted by molar-refractivity contribution is 0.173. The van der Waals surface area contributed by atoms with Crippen molar-refractivity contribution in [3.8, 4) is 6.07 Å². The van der Waals surface area contributed by atoms with Gasteiger partial charge in [0.1, 0.15) is 6.07 Å². The first-order chi connectivity index (χ1) is 9.15. The van der Waals surface area contributed by atoms with Gasteiger partial charge in [0.25, 0.3) is 0 Å². The number of hydrogen-bond acceptors (Lipinski definition) is 2. The lowest BCUT2D eigenvalue weighted by Gasteiger charge is -2.52. The molecule has 1 aromatic carbocycles. The third kappa shape index (κ3) is 2.61. The molecular formula is C17H24N2. The second kappa shape index (κ2) is 5.65. The average Bonchev–Trinajstić information content (AvgIpc) is 2.35. The van der Waals surface area contributed by atoms with E-state index < -0.39 is 0 Å². The van der Waals surface area contributed by atoms with Crippen LogP contribution in [-0.2, 0) is 0 Å². The molecule has 0 N–H and O–H groups in total. The molecule has 2 rings (SSSR count). The van der Waals surface area contributed by atoms with Gasteiger partial charge in [-0.25, -0.2) is 0 Å². The molecule has 0 aromatic heterocycles. The van der Waals surface area contributed by atoms with Crippen molar-refractivity contribution >= 4 is 5.69 Å². The van der Waals surface area contributed by atoms with Gasteiger partial charge in [-0.2, -0.15) is 5.26 Å². The number of nitrogens with zero attached hydrogens (tertiary/aromatic N) is 2. The van der Waals surface area contributed by atoms with Gasteiger partial charge in [0.2, 0.25) is 0 Å². The summed E-state index contributed by atoms with van der Waals surface area (Å²) in [5.41, 5.74) is 3.57. The van der Waals surface area contributed by atoms with Crippen LogP contribution in [0.2, 0.25) is 0 Å². The molecular weight excluding hydrogens is 232 g/mol. The van der Waals surface area contributed by atoms with E-state index in [9.17, 15) is 5.26 Å². The molecule has 102 valence electrons. The highest BCUT2D eigenvalue weighted by molar-refractivity contribution is 5.64. The van der Waals surface area contributed by atoms with Crippen LogP contribution in [0, 0.1) is 23.7 Å². The van der Waals surface area contributed by atoms with E-state index in [0.717, 1.165) is 29.9 Å². The Bertz CT molecular complexity index is 471. The third-order valence-electron chi connectivity index (χ3n) is 4.32. The Morgan fingerprint density at radius 1 is 1.21 bits per heavy atom. The lowest BCUT2D eigenvalue weighted by atomic mass is 9.72. The normalized spacial score (nSPS) is 16.8. The van der Waals surface area contributed by atoms with Gasteiger partial charge >= 0.3 is 0 Å². The van der Waals surface area contributed by atoms with Crippen LogP contribution in [0.3, 0.4) is 0 Å². The number of hydrogen-bond donors (Lipinski definition) is 0. The maximum Gasteiger partial charge on any atom is 0.102 e. The summed E-state index contributed by atoms with van der Waals surface area (Å²) < 4.78 is 0. The van der Waals surface area contributed by atoms with Crippen LogP contribution in [0.25, 0.3) is 0 Å². The monoisotopic (exact) mass is 256 g/mol. The zero-order valence-corrected chi connectivity index (χ0v) is 12.4. The highest BCUT2D eigenvalue weighted by atomic mass is 15.2. The highest BCUT2D eigenvalue weighted by Crippen LogP contribution is 2.43. The maximum atomic E-state index is 9.33. The van der Waals surface area contributed by atoms with Crippen molar-refractivity contribution in [1.29, 1.82) is 5.26 Å². The fraction of sp³-hybridized carbons (Fsp3) is 0.588. The van der Waals surface area contributed by atoms with Gasteiger partial charge in [-0.1, -0.05) is 38.8 Å². The molecule has 1 aliphatic rings. The number of benzene rings is 1. The van der Waals surface area contributed by atoms with Crippen molar-refractivity contribution in [2.45, 2.75) is 46.5 Å². The summed E-state index contributed by atoms with van der Waals surface area (Å²) in [5, 5.41) is 9.33. The largest absolute Gasteiger partial charge is 0.369 e. The van der Waals surface area contributed by atoms with Crippen LogP contribution >= 0.6 is 0 Å². The fourth-order valence-electron chi connectivity index (χ4n) is 3.50. The van der Waals surface area contributed by atoms with Crippen LogP contribution in [-0.4, -0.2) is 13.1 Å². The number of aryl methyl sites for hydroxylation is 1. The Morgan fingerprint density at radius 2 is 1.84 bits per heavy atom. The molecule has 0 atom stereocenters. The summed E-state index contributed by atoms with van der Waals surface area (Å²) in [6.07, 6.45) is 5.13. The topological polar surface area (TPSA) is 27.0 Å². The standard InChI is InChI=1S/C17H24N2/c1-4-9-17(10-5-2)12-19(13-17)16-8-6-7-14(3)15(16)11-18/h6-8H,4-5,9-10,12-13H2,1-3H3. The van der Waals surface area contributed by atoms with E-state index in [1.807, 2.05) is 13.0 Å². The maximum absolute atomic E-state index is 9.33. The SMILES string of the molecule is CCCC1(CCC)CN(c2cccc(C)c2C#N)C1.